The van der Waals surface area contributed by atoms with Crippen molar-refractivity contribution in [2.24, 2.45) is 0 Å². The topological polar surface area (TPSA) is 26.0 Å². The molecule has 0 aliphatic heterocycles. The van der Waals surface area contributed by atoms with E-state index >= 15 is 0 Å². The zero-order valence-corrected chi connectivity index (χ0v) is 9.68. The Morgan fingerprint density at radius 3 is 2.59 bits per heavy atom. The van der Waals surface area contributed by atoms with E-state index in [9.17, 15) is 0 Å². The van der Waals surface area contributed by atoms with Gasteiger partial charge in [-0.2, -0.15) is 0 Å². The summed E-state index contributed by atoms with van der Waals surface area (Å²) in [5.41, 5.74) is 4.40. The minimum Gasteiger partial charge on any atom is -0.356 e. The van der Waals surface area contributed by atoms with Gasteiger partial charge in [0, 0.05) is 11.8 Å². The Hall–Kier alpha value is -2.09. The van der Waals surface area contributed by atoms with Gasteiger partial charge in [-0.15, -0.1) is 0 Å². The van der Waals surface area contributed by atoms with E-state index in [2.05, 4.69) is 42.4 Å². The fourth-order valence-electron chi connectivity index (χ4n) is 1.96. The minimum atomic E-state index is 0.817. The molecule has 84 valence electrons. The molecule has 0 atom stereocenters. The summed E-state index contributed by atoms with van der Waals surface area (Å²) in [7, 11) is 0. The van der Waals surface area contributed by atoms with Gasteiger partial charge in [0.1, 0.15) is 0 Å². The molecule has 1 aromatic heterocycles. The highest BCUT2D eigenvalue weighted by atomic mass is 16.5. The fourth-order valence-corrected chi connectivity index (χ4v) is 1.96. The van der Waals surface area contributed by atoms with Gasteiger partial charge in [-0.25, -0.2) is 0 Å². The largest absolute Gasteiger partial charge is 0.356 e. The molecule has 0 amide bonds. The Morgan fingerprint density at radius 1 is 1.00 bits per heavy atom. The molecule has 3 aromatic rings. The number of aromatic nitrogens is 1. The molecule has 0 saturated carbocycles. The first kappa shape index (κ1) is 10.1. The monoisotopic (exact) mass is 223 g/mol. The van der Waals surface area contributed by atoms with Crippen LogP contribution >= 0.6 is 0 Å². The maximum absolute atomic E-state index is 5.29. The maximum Gasteiger partial charge on any atom is 0.167 e. The van der Waals surface area contributed by atoms with Gasteiger partial charge in [-0.1, -0.05) is 47.1 Å². The molecule has 0 radical (unpaired) electrons. The summed E-state index contributed by atoms with van der Waals surface area (Å²) in [6.07, 6.45) is 0.817. The molecule has 0 saturated heterocycles. The second-order valence-electron chi connectivity index (χ2n) is 4.29. The maximum atomic E-state index is 5.29. The van der Waals surface area contributed by atoms with Crippen molar-refractivity contribution in [3.05, 3.63) is 65.4 Å². The Morgan fingerprint density at radius 2 is 1.76 bits per heavy atom. The van der Waals surface area contributed by atoms with Crippen molar-refractivity contribution in [1.29, 1.82) is 0 Å². The number of benzene rings is 2. The molecule has 0 unspecified atom stereocenters. The second kappa shape index (κ2) is 4.06. The molecule has 0 bridgehead atoms. The number of rotatable bonds is 2. The SMILES string of the molecule is Cc1ccc(Cc2noc3ccccc23)cc1. The Bertz CT molecular complexity index is 637. The minimum absolute atomic E-state index is 0.817. The predicted octanol–water partition coefficient (Wildman–Crippen LogP) is 3.73. The highest BCUT2D eigenvalue weighted by molar-refractivity contribution is 5.79. The van der Waals surface area contributed by atoms with Crippen molar-refractivity contribution >= 4 is 11.0 Å². The van der Waals surface area contributed by atoms with Crippen LogP contribution in [0.4, 0.5) is 0 Å². The third-order valence-corrected chi connectivity index (χ3v) is 2.94. The van der Waals surface area contributed by atoms with Crippen molar-refractivity contribution in [3.63, 3.8) is 0 Å². The molecule has 0 fully saturated rings. The van der Waals surface area contributed by atoms with Crippen LogP contribution in [0.3, 0.4) is 0 Å². The lowest BCUT2D eigenvalue weighted by Gasteiger charge is -1.99. The van der Waals surface area contributed by atoms with Crippen LogP contribution in [0.2, 0.25) is 0 Å². The molecular formula is C15H13NO. The third kappa shape index (κ3) is 1.94. The number of aryl methyl sites for hydroxylation is 1. The van der Waals surface area contributed by atoms with E-state index in [1.807, 2.05) is 18.2 Å². The number of nitrogens with zero attached hydrogens (tertiary/aromatic N) is 1. The van der Waals surface area contributed by atoms with Crippen LogP contribution in [0.25, 0.3) is 11.0 Å². The molecule has 17 heavy (non-hydrogen) atoms. The molecule has 0 N–H and O–H groups in total. The van der Waals surface area contributed by atoms with E-state index in [4.69, 9.17) is 4.52 Å². The van der Waals surface area contributed by atoms with Crippen LogP contribution in [0.5, 0.6) is 0 Å². The fraction of sp³-hybridized carbons (Fsp3) is 0.133. The zero-order valence-electron chi connectivity index (χ0n) is 9.68. The highest BCUT2D eigenvalue weighted by Crippen LogP contribution is 2.20. The average Bonchev–Trinajstić information content (AvgIpc) is 2.76. The van der Waals surface area contributed by atoms with Gasteiger partial charge in [0.25, 0.3) is 0 Å². The van der Waals surface area contributed by atoms with E-state index < -0.39 is 0 Å². The van der Waals surface area contributed by atoms with Gasteiger partial charge >= 0.3 is 0 Å². The van der Waals surface area contributed by atoms with Crippen LogP contribution in [0, 0.1) is 6.92 Å². The smallest absolute Gasteiger partial charge is 0.167 e. The summed E-state index contributed by atoms with van der Waals surface area (Å²) in [6, 6.07) is 16.5. The summed E-state index contributed by atoms with van der Waals surface area (Å²) in [6.45, 7) is 2.09. The normalized spacial score (nSPS) is 10.9. The van der Waals surface area contributed by atoms with Crippen molar-refractivity contribution in [3.8, 4) is 0 Å². The molecule has 3 rings (SSSR count). The van der Waals surface area contributed by atoms with Crippen LogP contribution < -0.4 is 0 Å². The van der Waals surface area contributed by atoms with Crippen LogP contribution in [0.1, 0.15) is 16.8 Å². The highest BCUT2D eigenvalue weighted by Gasteiger charge is 2.07. The quantitative estimate of drug-likeness (QED) is 0.661. The summed E-state index contributed by atoms with van der Waals surface area (Å²) < 4.78 is 5.29. The van der Waals surface area contributed by atoms with E-state index in [1.54, 1.807) is 0 Å². The van der Waals surface area contributed by atoms with Gasteiger partial charge < -0.3 is 4.52 Å². The van der Waals surface area contributed by atoms with Gasteiger partial charge in [-0.3, -0.25) is 0 Å². The van der Waals surface area contributed by atoms with Crippen LogP contribution in [-0.4, -0.2) is 5.16 Å². The summed E-state index contributed by atoms with van der Waals surface area (Å²) in [5.74, 6) is 0. The Balaban J connectivity index is 1.97. The number of hydrogen-bond donors (Lipinski definition) is 0. The molecule has 0 spiro atoms. The summed E-state index contributed by atoms with van der Waals surface area (Å²) in [4.78, 5) is 0. The summed E-state index contributed by atoms with van der Waals surface area (Å²) >= 11 is 0. The van der Waals surface area contributed by atoms with E-state index in [0.29, 0.717) is 0 Å². The molecular weight excluding hydrogens is 210 g/mol. The van der Waals surface area contributed by atoms with E-state index in [0.717, 1.165) is 23.1 Å². The average molecular weight is 223 g/mol. The first-order valence-electron chi connectivity index (χ1n) is 5.72. The molecule has 2 aromatic carbocycles. The third-order valence-electron chi connectivity index (χ3n) is 2.94. The van der Waals surface area contributed by atoms with Crippen LogP contribution in [-0.2, 0) is 6.42 Å². The lowest BCUT2D eigenvalue weighted by Crippen LogP contribution is -1.88. The zero-order chi connectivity index (χ0) is 11.7. The van der Waals surface area contributed by atoms with Crippen LogP contribution in [0.15, 0.2) is 53.1 Å². The number of hydrogen-bond acceptors (Lipinski definition) is 2. The van der Waals surface area contributed by atoms with Gasteiger partial charge in [0.15, 0.2) is 5.58 Å². The van der Waals surface area contributed by atoms with E-state index in [1.165, 1.54) is 11.1 Å². The summed E-state index contributed by atoms with van der Waals surface area (Å²) in [5, 5.41) is 5.24. The van der Waals surface area contributed by atoms with Gasteiger partial charge in [0.05, 0.1) is 5.69 Å². The Labute approximate surface area is 99.9 Å². The Kier molecular flexibility index (Phi) is 2.41. The van der Waals surface area contributed by atoms with Crippen molar-refractivity contribution in [2.75, 3.05) is 0 Å². The molecule has 2 nitrogen and oxygen atoms in total. The first-order chi connectivity index (χ1) is 8.33. The van der Waals surface area contributed by atoms with E-state index in [-0.39, 0.29) is 0 Å². The lowest BCUT2D eigenvalue weighted by atomic mass is 10.1. The molecule has 2 heteroatoms. The second-order valence-corrected chi connectivity index (χ2v) is 4.29. The standard InChI is InChI=1S/C15H13NO/c1-11-6-8-12(9-7-11)10-14-13-4-2-3-5-15(13)17-16-14/h2-9H,10H2,1H3. The molecule has 0 aliphatic rings. The van der Waals surface area contributed by atoms with Gasteiger partial charge in [0.2, 0.25) is 0 Å². The molecule has 1 heterocycles. The lowest BCUT2D eigenvalue weighted by molar-refractivity contribution is 0.448. The first-order valence-corrected chi connectivity index (χ1v) is 5.72. The van der Waals surface area contributed by atoms with Gasteiger partial charge in [-0.05, 0) is 24.6 Å². The molecule has 0 aliphatic carbocycles. The number of para-hydroxylation sites is 1. The van der Waals surface area contributed by atoms with Crippen molar-refractivity contribution in [1.82, 2.24) is 5.16 Å². The number of fused-ring (bicyclic) bond motifs is 1. The van der Waals surface area contributed by atoms with Crippen molar-refractivity contribution < 1.29 is 4.52 Å². The predicted molar refractivity (Wildman–Crippen MR) is 68.0 cm³/mol. The van der Waals surface area contributed by atoms with Crippen molar-refractivity contribution in [2.45, 2.75) is 13.3 Å².